The maximum atomic E-state index is 13.2. The van der Waals surface area contributed by atoms with E-state index in [0.717, 1.165) is 27.9 Å². The summed E-state index contributed by atoms with van der Waals surface area (Å²) in [7, 11) is 2.01. The summed E-state index contributed by atoms with van der Waals surface area (Å²) in [6, 6.07) is 12.5. The standard InChI is InChI=1S/C22H20FN2O/c1-13-11-14(2)15(3)18(12-13)20-21-19(9-10-25(20)4)24-22(26-21)16-5-7-17(23)8-6-16/h5-12H,1-4H3/q+1. The van der Waals surface area contributed by atoms with E-state index in [1.54, 1.807) is 12.1 Å². The lowest BCUT2D eigenvalue weighted by Crippen LogP contribution is -2.30. The SMILES string of the molecule is Cc1cc(C)c(C)c(-c2c3oc(-c4ccc(F)cc4)nc3cc[n+]2C)c1. The van der Waals surface area contributed by atoms with Gasteiger partial charge in [-0.3, -0.25) is 0 Å². The van der Waals surface area contributed by atoms with Crippen molar-refractivity contribution < 1.29 is 13.4 Å². The molecule has 4 aromatic rings. The molecule has 2 aromatic heterocycles. The van der Waals surface area contributed by atoms with Crippen LogP contribution in [0.2, 0.25) is 0 Å². The summed E-state index contributed by atoms with van der Waals surface area (Å²) in [4.78, 5) is 4.61. The van der Waals surface area contributed by atoms with Crippen LogP contribution in [0, 0.1) is 26.6 Å². The van der Waals surface area contributed by atoms with Crippen LogP contribution in [0.1, 0.15) is 16.7 Å². The van der Waals surface area contributed by atoms with Crippen LogP contribution in [0.4, 0.5) is 4.39 Å². The van der Waals surface area contributed by atoms with Gasteiger partial charge in [0.15, 0.2) is 6.20 Å². The predicted molar refractivity (Wildman–Crippen MR) is 100 cm³/mol. The van der Waals surface area contributed by atoms with Crippen molar-refractivity contribution in [1.29, 1.82) is 0 Å². The average molecular weight is 347 g/mol. The number of hydrogen-bond donors (Lipinski definition) is 0. The van der Waals surface area contributed by atoms with E-state index >= 15 is 0 Å². The number of benzene rings is 2. The number of halogens is 1. The Morgan fingerprint density at radius 3 is 2.46 bits per heavy atom. The molecule has 2 heterocycles. The minimum atomic E-state index is -0.275. The molecular weight excluding hydrogens is 327 g/mol. The molecule has 0 aliphatic rings. The maximum Gasteiger partial charge on any atom is 0.257 e. The number of rotatable bonds is 2. The molecule has 4 rings (SSSR count). The topological polar surface area (TPSA) is 29.9 Å². The zero-order chi connectivity index (χ0) is 18.4. The molecule has 4 heteroatoms. The third-order valence-electron chi connectivity index (χ3n) is 4.84. The first-order valence-electron chi connectivity index (χ1n) is 8.57. The molecule has 0 aliphatic heterocycles. The van der Waals surface area contributed by atoms with Gasteiger partial charge in [-0.05, 0) is 62.2 Å². The second kappa shape index (κ2) is 6.06. The van der Waals surface area contributed by atoms with Crippen molar-refractivity contribution in [1.82, 2.24) is 4.98 Å². The summed E-state index contributed by atoms with van der Waals surface area (Å²) < 4.78 is 21.4. The summed E-state index contributed by atoms with van der Waals surface area (Å²) in [5, 5.41) is 0. The van der Waals surface area contributed by atoms with Crippen LogP contribution in [0.5, 0.6) is 0 Å². The number of aryl methyl sites for hydroxylation is 3. The minimum absolute atomic E-state index is 0.275. The molecule has 0 atom stereocenters. The van der Waals surface area contributed by atoms with Crippen LogP contribution in [0.25, 0.3) is 33.8 Å². The average Bonchev–Trinajstić information content (AvgIpc) is 3.03. The van der Waals surface area contributed by atoms with Crippen molar-refractivity contribution in [3.63, 3.8) is 0 Å². The van der Waals surface area contributed by atoms with E-state index < -0.39 is 0 Å². The zero-order valence-corrected chi connectivity index (χ0v) is 15.3. The molecule has 0 aliphatic carbocycles. The molecular formula is C22H20FN2O+. The lowest BCUT2D eigenvalue weighted by Gasteiger charge is -2.09. The van der Waals surface area contributed by atoms with E-state index in [1.165, 1.54) is 28.8 Å². The highest BCUT2D eigenvalue weighted by atomic mass is 19.1. The molecule has 130 valence electrons. The lowest BCUT2D eigenvalue weighted by molar-refractivity contribution is -0.659. The number of hydrogen-bond acceptors (Lipinski definition) is 2. The highest BCUT2D eigenvalue weighted by Gasteiger charge is 2.23. The summed E-state index contributed by atoms with van der Waals surface area (Å²) in [5.74, 6) is 0.220. The van der Waals surface area contributed by atoms with Gasteiger partial charge in [0, 0.05) is 11.6 Å². The Bertz CT molecular complexity index is 1130. The fourth-order valence-corrected chi connectivity index (χ4v) is 3.35. The Kier molecular flexibility index (Phi) is 3.83. The van der Waals surface area contributed by atoms with Gasteiger partial charge in [-0.15, -0.1) is 0 Å². The Morgan fingerprint density at radius 1 is 1.00 bits per heavy atom. The van der Waals surface area contributed by atoms with Gasteiger partial charge in [0.05, 0.1) is 5.56 Å². The fourth-order valence-electron chi connectivity index (χ4n) is 3.35. The molecule has 0 saturated heterocycles. The van der Waals surface area contributed by atoms with Gasteiger partial charge in [0.2, 0.25) is 11.5 Å². The molecule has 0 radical (unpaired) electrons. The van der Waals surface area contributed by atoms with E-state index in [1.807, 2.05) is 19.3 Å². The number of oxazole rings is 1. The summed E-state index contributed by atoms with van der Waals surface area (Å²) in [6.07, 6.45) is 1.99. The van der Waals surface area contributed by atoms with Crippen molar-refractivity contribution in [2.75, 3.05) is 0 Å². The van der Waals surface area contributed by atoms with E-state index in [9.17, 15) is 4.39 Å². The molecule has 0 saturated carbocycles. The Balaban J connectivity index is 1.98. The number of aromatic nitrogens is 2. The van der Waals surface area contributed by atoms with Crippen LogP contribution in [0.15, 0.2) is 53.1 Å². The first kappa shape index (κ1) is 16.5. The molecule has 0 N–H and O–H groups in total. The Labute approximate surface area is 151 Å². The molecule has 0 spiro atoms. The van der Waals surface area contributed by atoms with Crippen molar-refractivity contribution in [2.24, 2.45) is 7.05 Å². The first-order chi connectivity index (χ1) is 12.4. The smallest absolute Gasteiger partial charge is 0.257 e. The fraction of sp³-hybridized carbons (Fsp3) is 0.182. The molecule has 0 fully saturated rings. The highest BCUT2D eigenvalue weighted by Crippen LogP contribution is 2.33. The second-order valence-corrected chi connectivity index (χ2v) is 6.77. The van der Waals surface area contributed by atoms with Crippen molar-refractivity contribution in [3.05, 3.63) is 71.2 Å². The van der Waals surface area contributed by atoms with Gasteiger partial charge in [-0.25, -0.2) is 9.37 Å². The molecule has 0 amide bonds. The van der Waals surface area contributed by atoms with E-state index in [0.29, 0.717) is 5.89 Å². The monoisotopic (exact) mass is 347 g/mol. The van der Waals surface area contributed by atoms with Crippen LogP contribution in [-0.4, -0.2) is 4.98 Å². The van der Waals surface area contributed by atoms with Crippen LogP contribution in [0.3, 0.4) is 0 Å². The van der Waals surface area contributed by atoms with Gasteiger partial charge >= 0.3 is 0 Å². The quantitative estimate of drug-likeness (QED) is 0.475. The maximum absolute atomic E-state index is 13.2. The van der Waals surface area contributed by atoms with E-state index in [-0.39, 0.29) is 5.82 Å². The summed E-state index contributed by atoms with van der Waals surface area (Å²) >= 11 is 0. The number of pyridine rings is 1. The predicted octanol–water partition coefficient (Wildman–Crippen LogP) is 5.05. The van der Waals surface area contributed by atoms with Crippen molar-refractivity contribution in [3.8, 4) is 22.7 Å². The number of nitrogens with zero attached hydrogens (tertiary/aromatic N) is 2. The van der Waals surface area contributed by atoms with Gasteiger partial charge in [-0.1, -0.05) is 11.6 Å². The second-order valence-electron chi connectivity index (χ2n) is 6.77. The Hall–Kier alpha value is -3.01. The number of fused-ring (bicyclic) bond motifs is 1. The Morgan fingerprint density at radius 2 is 1.73 bits per heavy atom. The van der Waals surface area contributed by atoms with Crippen LogP contribution >= 0.6 is 0 Å². The lowest BCUT2D eigenvalue weighted by atomic mass is 9.97. The molecule has 0 bridgehead atoms. The van der Waals surface area contributed by atoms with E-state index in [4.69, 9.17) is 4.42 Å². The van der Waals surface area contributed by atoms with Crippen molar-refractivity contribution >= 4 is 11.1 Å². The van der Waals surface area contributed by atoms with Gasteiger partial charge in [-0.2, -0.15) is 4.57 Å². The van der Waals surface area contributed by atoms with Crippen LogP contribution < -0.4 is 4.57 Å². The van der Waals surface area contributed by atoms with Crippen LogP contribution in [-0.2, 0) is 7.05 Å². The van der Waals surface area contributed by atoms with Gasteiger partial charge < -0.3 is 4.42 Å². The van der Waals surface area contributed by atoms with Crippen molar-refractivity contribution in [2.45, 2.75) is 20.8 Å². The molecule has 3 nitrogen and oxygen atoms in total. The largest absolute Gasteiger partial charge is 0.429 e. The first-order valence-corrected chi connectivity index (χ1v) is 8.57. The third kappa shape index (κ3) is 2.68. The third-order valence-corrected chi connectivity index (χ3v) is 4.84. The van der Waals surface area contributed by atoms with E-state index in [2.05, 4.69) is 42.5 Å². The summed E-state index contributed by atoms with van der Waals surface area (Å²) in [5.41, 5.74) is 8.09. The molecule has 26 heavy (non-hydrogen) atoms. The van der Waals surface area contributed by atoms with Gasteiger partial charge in [0.1, 0.15) is 18.4 Å². The minimum Gasteiger partial charge on any atom is -0.429 e. The molecule has 2 aromatic carbocycles. The zero-order valence-electron chi connectivity index (χ0n) is 15.3. The summed E-state index contributed by atoms with van der Waals surface area (Å²) in [6.45, 7) is 6.34. The highest BCUT2D eigenvalue weighted by molar-refractivity contribution is 5.88. The molecule has 0 unspecified atom stereocenters. The normalized spacial score (nSPS) is 11.3. The van der Waals surface area contributed by atoms with Gasteiger partial charge in [0.25, 0.3) is 5.69 Å².